The highest BCUT2D eigenvalue weighted by Gasteiger charge is 2.08. The van der Waals surface area contributed by atoms with E-state index in [1.165, 1.54) is 12.8 Å². The largest absolute Gasteiger partial charge is 0.366 e. The Labute approximate surface area is 92.3 Å². The molecule has 2 atom stereocenters. The maximum Gasteiger partial charge on any atom is 0.147 e. The molecule has 0 saturated heterocycles. The normalized spacial score (nSPS) is 14.7. The summed E-state index contributed by atoms with van der Waals surface area (Å²) in [5, 5.41) is 3.40. The Morgan fingerprint density at radius 3 is 2.53 bits per heavy atom. The van der Waals surface area contributed by atoms with Gasteiger partial charge in [0.15, 0.2) is 0 Å². The number of aromatic nitrogens is 2. The van der Waals surface area contributed by atoms with E-state index < -0.39 is 0 Å². The molecule has 0 amide bonds. The van der Waals surface area contributed by atoms with Crippen LogP contribution in [0.5, 0.6) is 0 Å². The van der Waals surface area contributed by atoms with E-state index in [4.69, 9.17) is 0 Å². The van der Waals surface area contributed by atoms with Crippen molar-refractivity contribution >= 4 is 5.82 Å². The first kappa shape index (κ1) is 12.0. The summed E-state index contributed by atoms with van der Waals surface area (Å²) in [6, 6.07) is 0.454. The van der Waals surface area contributed by atoms with E-state index in [0.29, 0.717) is 6.04 Å². The van der Waals surface area contributed by atoms with Crippen LogP contribution in [0.4, 0.5) is 5.82 Å². The van der Waals surface area contributed by atoms with Gasteiger partial charge in [0.25, 0.3) is 0 Å². The van der Waals surface area contributed by atoms with Crippen molar-refractivity contribution in [1.82, 2.24) is 9.97 Å². The summed E-state index contributed by atoms with van der Waals surface area (Å²) in [5.74, 6) is 1.66. The molecule has 0 fully saturated rings. The zero-order valence-corrected chi connectivity index (χ0v) is 10.1. The van der Waals surface area contributed by atoms with Gasteiger partial charge < -0.3 is 5.32 Å². The molecule has 1 N–H and O–H groups in total. The minimum absolute atomic E-state index is 0.454. The molecule has 0 bridgehead atoms. The molecule has 2 unspecified atom stereocenters. The number of rotatable bonds is 5. The molecule has 0 aromatic carbocycles. The second kappa shape index (κ2) is 5.69. The Morgan fingerprint density at radius 1 is 1.27 bits per heavy atom. The average molecular weight is 207 g/mol. The quantitative estimate of drug-likeness (QED) is 0.806. The highest BCUT2D eigenvalue weighted by atomic mass is 15.0. The molecule has 1 heterocycles. The average Bonchev–Trinajstić information content (AvgIpc) is 2.21. The van der Waals surface area contributed by atoms with Crippen LogP contribution in [0.25, 0.3) is 0 Å². The Hall–Kier alpha value is -1.12. The lowest BCUT2D eigenvalue weighted by molar-refractivity contribution is 0.483. The van der Waals surface area contributed by atoms with E-state index in [-0.39, 0.29) is 0 Å². The fourth-order valence-corrected chi connectivity index (χ4v) is 1.61. The molecule has 0 saturated carbocycles. The van der Waals surface area contributed by atoms with Gasteiger partial charge in [0.1, 0.15) is 5.82 Å². The van der Waals surface area contributed by atoms with E-state index >= 15 is 0 Å². The fourth-order valence-electron chi connectivity index (χ4n) is 1.61. The Kier molecular flexibility index (Phi) is 4.53. The second-order valence-electron chi connectivity index (χ2n) is 4.28. The molecule has 1 aromatic heterocycles. The monoisotopic (exact) mass is 207 g/mol. The van der Waals surface area contributed by atoms with Crippen molar-refractivity contribution in [3.63, 3.8) is 0 Å². The van der Waals surface area contributed by atoms with Crippen LogP contribution in [0, 0.1) is 12.8 Å². The zero-order valence-electron chi connectivity index (χ0n) is 10.1. The van der Waals surface area contributed by atoms with E-state index in [0.717, 1.165) is 17.4 Å². The molecular formula is C12H21N3. The van der Waals surface area contributed by atoms with Gasteiger partial charge in [-0.1, -0.05) is 20.3 Å². The Morgan fingerprint density at radius 2 is 1.93 bits per heavy atom. The van der Waals surface area contributed by atoms with Gasteiger partial charge in [0.05, 0.1) is 5.69 Å². The molecule has 0 radical (unpaired) electrons. The van der Waals surface area contributed by atoms with Crippen LogP contribution >= 0.6 is 0 Å². The number of hydrogen-bond donors (Lipinski definition) is 1. The first-order chi connectivity index (χ1) is 7.13. The number of aryl methyl sites for hydroxylation is 1. The maximum atomic E-state index is 4.28. The van der Waals surface area contributed by atoms with Gasteiger partial charge in [0, 0.05) is 18.4 Å². The van der Waals surface area contributed by atoms with Crippen molar-refractivity contribution in [2.24, 2.45) is 5.92 Å². The molecule has 1 aromatic rings. The van der Waals surface area contributed by atoms with E-state index in [1.54, 1.807) is 12.4 Å². The van der Waals surface area contributed by atoms with E-state index in [9.17, 15) is 0 Å². The van der Waals surface area contributed by atoms with Gasteiger partial charge in [-0.2, -0.15) is 0 Å². The predicted octanol–water partition coefficient (Wildman–Crippen LogP) is 3.02. The first-order valence-electron chi connectivity index (χ1n) is 5.67. The Bertz CT molecular complexity index is 299. The standard InChI is InChI=1S/C12H21N3/c1-5-9(2)8-10(3)15-12-11(4)13-6-7-14-12/h6-7,9-10H,5,8H2,1-4H3,(H,14,15). The van der Waals surface area contributed by atoms with E-state index in [1.807, 2.05) is 6.92 Å². The zero-order chi connectivity index (χ0) is 11.3. The topological polar surface area (TPSA) is 37.8 Å². The van der Waals surface area contributed by atoms with Crippen LogP contribution in [0.1, 0.15) is 39.3 Å². The summed E-state index contributed by atoms with van der Waals surface area (Å²) in [7, 11) is 0. The molecule has 3 nitrogen and oxygen atoms in total. The van der Waals surface area contributed by atoms with Crippen LogP contribution in [0.2, 0.25) is 0 Å². The van der Waals surface area contributed by atoms with Crippen molar-refractivity contribution in [3.05, 3.63) is 18.1 Å². The van der Waals surface area contributed by atoms with Gasteiger partial charge in [-0.25, -0.2) is 4.98 Å². The lowest BCUT2D eigenvalue weighted by atomic mass is 10.0. The Balaban J connectivity index is 2.51. The third-order valence-corrected chi connectivity index (χ3v) is 2.72. The van der Waals surface area contributed by atoms with Crippen molar-refractivity contribution in [3.8, 4) is 0 Å². The second-order valence-corrected chi connectivity index (χ2v) is 4.28. The molecule has 84 valence electrons. The molecule has 3 heteroatoms. The number of hydrogen-bond acceptors (Lipinski definition) is 3. The van der Waals surface area contributed by atoms with Crippen molar-refractivity contribution < 1.29 is 0 Å². The fraction of sp³-hybridized carbons (Fsp3) is 0.667. The number of anilines is 1. The van der Waals surface area contributed by atoms with Crippen LogP contribution in [-0.2, 0) is 0 Å². The molecule has 1 rings (SSSR count). The third-order valence-electron chi connectivity index (χ3n) is 2.72. The van der Waals surface area contributed by atoms with E-state index in [2.05, 4.69) is 36.1 Å². The smallest absolute Gasteiger partial charge is 0.147 e. The summed E-state index contributed by atoms with van der Waals surface area (Å²) in [6.07, 6.45) is 5.85. The summed E-state index contributed by atoms with van der Waals surface area (Å²) in [4.78, 5) is 8.48. The van der Waals surface area contributed by atoms with Gasteiger partial charge in [-0.05, 0) is 26.2 Å². The van der Waals surface area contributed by atoms with Crippen LogP contribution < -0.4 is 5.32 Å². The summed E-state index contributed by atoms with van der Waals surface area (Å²) in [5.41, 5.74) is 0.966. The highest BCUT2D eigenvalue weighted by Crippen LogP contribution is 2.14. The van der Waals surface area contributed by atoms with Crippen molar-refractivity contribution in [1.29, 1.82) is 0 Å². The summed E-state index contributed by atoms with van der Waals surface area (Å²) in [6.45, 7) is 8.68. The van der Waals surface area contributed by atoms with Gasteiger partial charge in [-0.3, -0.25) is 4.98 Å². The summed E-state index contributed by atoms with van der Waals surface area (Å²) < 4.78 is 0. The predicted molar refractivity (Wildman–Crippen MR) is 63.9 cm³/mol. The molecule has 0 spiro atoms. The minimum Gasteiger partial charge on any atom is -0.366 e. The lowest BCUT2D eigenvalue weighted by Gasteiger charge is -2.18. The lowest BCUT2D eigenvalue weighted by Crippen LogP contribution is -2.19. The molecule has 15 heavy (non-hydrogen) atoms. The van der Waals surface area contributed by atoms with Gasteiger partial charge >= 0.3 is 0 Å². The highest BCUT2D eigenvalue weighted by molar-refractivity contribution is 5.39. The van der Waals surface area contributed by atoms with Crippen molar-refractivity contribution in [2.45, 2.75) is 46.6 Å². The van der Waals surface area contributed by atoms with Gasteiger partial charge in [0.2, 0.25) is 0 Å². The van der Waals surface area contributed by atoms with Gasteiger partial charge in [-0.15, -0.1) is 0 Å². The van der Waals surface area contributed by atoms with Crippen molar-refractivity contribution in [2.75, 3.05) is 5.32 Å². The van der Waals surface area contributed by atoms with Crippen LogP contribution in [0.3, 0.4) is 0 Å². The molecular weight excluding hydrogens is 186 g/mol. The minimum atomic E-state index is 0.454. The third kappa shape index (κ3) is 3.86. The van der Waals surface area contributed by atoms with Crippen LogP contribution in [0.15, 0.2) is 12.4 Å². The molecule has 0 aliphatic rings. The summed E-state index contributed by atoms with van der Waals surface area (Å²) >= 11 is 0. The number of nitrogens with one attached hydrogen (secondary N) is 1. The SMILES string of the molecule is CCC(C)CC(C)Nc1nccnc1C. The first-order valence-corrected chi connectivity index (χ1v) is 5.67. The molecule has 0 aliphatic carbocycles. The van der Waals surface area contributed by atoms with Crippen LogP contribution in [-0.4, -0.2) is 16.0 Å². The maximum absolute atomic E-state index is 4.28. The number of nitrogens with zero attached hydrogens (tertiary/aromatic N) is 2. The molecule has 0 aliphatic heterocycles.